The Hall–Kier alpha value is -2.90. The zero-order valence-electron chi connectivity index (χ0n) is 12.2. The van der Waals surface area contributed by atoms with E-state index in [0.29, 0.717) is 18.1 Å². The number of imidazole rings is 1. The number of hydrogen-bond donors (Lipinski definition) is 1. The van der Waals surface area contributed by atoms with Crippen molar-refractivity contribution < 1.29 is 14.2 Å². The van der Waals surface area contributed by atoms with E-state index in [4.69, 9.17) is 10.5 Å². The molecule has 3 rings (SSSR count). The molecule has 0 aliphatic heterocycles. The van der Waals surface area contributed by atoms with Gasteiger partial charge in [-0.1, -0.05) is 6.07 Å². The molecular formula is C14H15N5O3. The van der Waals surface area contributed by atoms with E-state index in [1.165, 1.54) is 0 Å². The normalized spacial score (nSPS) is 11.0. The topological polar surface area (TPSA) is 109 Å². The third-order valence-corrected chi connectivity index (χ3v) is 3.22. The van der Waals surface area contributed by atoms with Crippen LogP contribution < -0.4 is 5.73 Å². The van der Waals surface area contributed by atoms with Gasteiger partial charge in [-0.15, -0.1) is 0 Å². The summed E-state index contributed by atoms with van der Waals surface area (Å²) in [6.45, 7) is 4.05. The largest absolute Gasteiger partial charge is 0.465 e. The summed E-state index contributed by atoms with van der Waals surface area (Å²) in [6.07, 6.45) is 0. The van der Waals surface area contributed by atoms with Crippen LogP contribution in [0.1, 0.15) is 12.5 Å². The second-order valence-electron chi connectivity index (χ2n) is 4.82. The number of carbonyl (C=O) groups is 1. The Labute approximate surface area is 125 Å². The lowest BCUT2D eigenvalue weighted by Crippen LogP contribution is -2.14. The molecule has 114 valence electrons. The Morgan fingerprint density at radius 1 is 1.41 bits per heavy atom. The molecule has 0 amide bonds. The van der Waals surface area contributed by atoms with Gasteiger partial charge in [0.1, 0.15) is 6.54 Å². The second kappa shape index (κ2) is 5.47. The Balaban J connectivity index is 2.17. The van der Waals surface area contributed by atoms with E-state index in [2.05, 4.69) is 19.9 Å². The number of carbonyl (C=O) groups excluding carboxylic acids is 1. The fourth-order valence-electron chi connectivity index (χ4n) is 2.27. The first kappa shape index (κ1) is 14.1. The van der Waals surface area contributed by atoms with Crippen molar-refractivity contribution in [3.63, 3.8) is 0 Å². The number of hydrogen-bond acceptors (Lipinski definition) is 7. The van der Waals surface area contributed by atoms with Gasteiger partial charge in [-0.25, -0.2) is 9.61 Å². The predicted molar refractivity (Wildman–Crippen MR) is 78.8 cm³/mol. The molecule has 2 aromatic heterocycles. The van der Waals surface area contributed by atoms with Crippen molar-refractivity contribution in [2.24, 2.45) is 0 Å². The first-order chi connectivity index (χ1) is 10.6. The lowest BCUT2D eigenvalue weighted by molar-refractivity contribution is -0.143. The number of nitrogens with zero attached hydrogens (tertiary/aromatic N) is 4. The minimum atomic E-state index is -0.362. The summed E-state index contributed by atoms with van der Waals surface area (Å²) in [7, 11) is 0. The highest BCUT2D eigenvalue weighted by Gasteiger charge is 2.21. The number of rotatable bonds is 4. The van der Waals surface area contributed by atoms with Crippen LogP contribution in [-0.2, 0) is 16.1 Å². The van der Waals surface area contributed by atoms with Gasteiger partial charge >= 0.3 is 5.97 Å². The van der Waals surface area contributed by atoms with E-state index in [-0.39, 0.29) is 18.3 Å². The van der Waals surface area contributed by atoms with Gasteiger partial charge in [0, 0.05) is 0 Å². The molecule has 0 fully saturated rings. The van der Waals surface area contributed by atoms with Crippen LogP contribution in [0.3, 0.4) is 0 Å². The van der Waals surface area contributed by atoms with Crippen LogP contribution in [0.4, 0.5) is 5.82 Å². The summed E-state index contributed by atoms with van der Waals surface area (Å²) in [5.74, 6) is 0.184. The van der Waals surface area contributed by atoms with Gasteiger partial charge in [0.25, 0.3) is 0 Å². The van der Waals surface area contributed by atoms with Crippen molar-refractivity contribution in [2.75, 3.05) is 12.3 Å². The summed E-state index contributed by atoms with van der Waals surface area (Å²) in [4.78, 5) is 16.4. The molecule has 22 heavy (non-hydrogen) atoms. The molecule has 0 saturated carbocycles. The van der Waals surface area contributed by atoms with Crippen LogP contribution >= 0.6 is 0 Å². The molecule has 1 aromatic carbocycles. The molecule has 0 bridgehead atoms. The highest BCUT2D eigenvalue weighted by atomic mass is 16.6. The maximum absolute atomic E-state index is 11.9. The van der Waals surface area contributed by atoms with Crippen molar-refractivity contribution >= 4 is 22.8 Å². The van der Waals surface area contributed by atoms with E-state index in [1.54, 1.807) is 11.5 Å². The maximum atomic E-state index is 11.9. The van der Waals surface area contributed by atoms with E-state index < -0.39 is 0 Å². The van der Waals surface area contributed by atoms with Crippen LogP contribution in [0.15, 0.2) is 22.8 Å². The van der Waals surface area contributed by atoms with Gasteiger partial charge in [0.2, 0.25) is 0 Å². The highest BCUT2D eigenvalue weighted by molar-refractivity contribution is 5.84. The Kier molecular flexibility index (Phi) is 3.50. The molecular weight excluding hydrogens is 286 g/mol. The monoisotopic (exact) mass is 301 g/mol. The summed E-state index contributed by atoms with van der Waals surface area (Å²) in [6, 6.07) is 5.76. The highest BCUT2D eigenvalue weighted by Crippen LogP contribution is 2.27. The molecule has 0 radical (unpaired) electrons. The van der Waals surface area contributed by atoms with Gasteiger partial charge in [0.05, 0.1) is 17.6 Å². The minimum absolute atomic E-state index is 0.00896. The predicted octanol–water partition coefficient (Wildman–Crippen LogP) is 1.54. The third-order valence-electron chi connectivity index (χ3n) is 3.22. The fraction of sp³-hybridized carbons (Fsp3) is 0.286. The molecule has 0 unspecified atom stereocenters. The molecule has 2 heterocycles. The smallest absolute Gasteiger partial charge is 0.326 e. The van der Waals surface area contributed by atoms with E-state index in [9.17, 15) is 4.79 Å². The maximum Gasteiger partial charge on any atom is 0.326 e. The number of benzene rings is 1. The van der Waals surface area contributed by atoms with Crippen LogP contribution in [0.25, 0.3) is 22.6 Å². The summed E-state index contributed by atoms with van der Waals surface area (Å²) in [5.41, 5.74) is 8.64. The molecule has 0 aliphatic carbocycles. The number of aromatic nitrogens is 4. The summed E-state index contributed by atoms with van der Waals surface area (Å²) >= 11 is 0. The Morgan fingerprint density at radius 3 is 2.91 bits per heavy atom. The van der Waals surface area contributed by atoms with Crippen molar-refractivity contribution in [1.82, 2.24) is 19.9 Å². The van der Waals surface area contributed by atoms with E-state index in [1.807, 2.05) is 25.1 Å². The number of anilines is 1. The van der Waals surface area contributed by atoms with Gasteiger partial charge in [0.15, 0.2) is 17.3 Å². The van der Waals surface area contributed by atoms with Gasteiger partial charge in [-0.3, -0.25) is 4.79 Å². The van der Waals surface area contributed by atoms with Crippen LogP contribution in [0.2, 0.25) is 0 Å². The molecule has 2 N–H and O–H groups in total. The molecule has 3 aromatic rings. The van der Waals surface area contributed by atoms with Crippen molar-refractivity contribution in [2.45, 2.75) is 20.4 Å². The second-order valence-corrected chi connectivity index (χ2v) is 4.82. The van der Waals surface area contributed by atoms with Crippen LogP contribution in [-0.4, -0.2) is 32.4 Å². The third kappa shape index (κ3) is 2.39. The average molecular weight is 301 g/mol. The standard InChI is InChI=1S/C14H15N5O3/c1-3-21-11(20)7-19-10-5-4-8(2)6-9(10)16-14(19)12-13(15)18-22-17-12/h4-6H,3,7H2,1-2H3,(H2,15,18). The van der Waals surface area contributed by atoms with Crippen molar-refractivity contribution in [1.29, 1.82) is 0 Å². The number of aryl methyl sites for hydroxylation is 1. The van der Waals surface area contributed by atoms with Gasteiger partial charge < -0.3 is 15.0 Å². The molecule has 0 spiro atoms. The van der Waals surface area contributed by atoms with Gasteiger partial charge in [-0.2, -0.15) is 0 Å². The lowest BCUT2D eigenvalue weighted by atomic mass is 10.2. The number of fused-ring (bicyclic) bond motifs is 1. The first-order valence-electron chi connectivity index (χ1n) is 6.81. The summed E-state index contributed by atoms with van der Waals surface area (Å²) in [5, 5.41) is 7.33. The number of ether oxygens (including phenoxy) is 1. The van der Waals surface area contributed by atoms with Crippen molar-refractivity contribution in [3.05, 3.63) is 23.8 Å². The minimum Gasteiger partial charge on any atom is -0.465 e. The lowest BCUT2D eigenvalue weighted by Gasteiger charge is -2.07. The molecule has 0 saturated heterocycles. The van der Waals surface area contributed by atoms with Gasteiger partial charge in [-0.05, 0) is 41.9 Å². The quantitative estimate of drug-likeness (QED) is 0.728. The zero-order valence-corrected chi connectivity index (χ0v) is 12.2. The average Bonchev–Trinajstić information content (AvgIpc) is 3.03. The van der Waals surface area contributed by atoms with Crippen LogP contribution in [0.5, 0.6) is 0 Å². The van der Waals surface area contributed by atoms with Crippen LogP contribution in [0, 0.1) is 6.92 Å². The van der Waals surface area contributed by atoms with E-state index in [0.717, 1.165) is 16.6 Å². The number of nitrogens with two attached hydrogens (primary N) is 1. The first-order valence-corrected chi connectivity index (χ1v) is 6.81. The number of nitrogen functional groups attached to an aromatic ring is 1. The zero-order chi connectivity index (χ0) is 15.7. The molecule has 8 nitrogen and oxygen atoms in total. The van der Waals surface area contributed by atoms with Crippen molar-refractivity contribution in [3.8, 4) is 11.5 Å². The molecule has 0 aliphatic rings. The molecule has 0 atom stereocenters. The summed E-state index contributed by atoms with van der Waals surface area (Å²) < 4.78 is 11.3. The van der Waals surface area contributed by atoms with E-state index >= 15 is 0 Å². The Bertz CT molecular complexity index is 836. The molecule has 8 heteroatoms. The number of esters is 1. The SMILES string of the molecule is CCOC(=O)Cn1c(-c2nonc2N)nc2cc(C)ccc21. The Morgan fingerprint density at radius 2 is 2.23 bits per heavy atom. The fourth-order valence-corrected chi connectivity index (χ4v) is 2.27.